The minimum absolute atomic E-state index is 0.923. The predicted molar refractivity (Wildman–Crippen MR) is 163 cm³/mol. The van der Waals surface area contributed by atoms with Crippen LogP contribution >= 0.6 is 0 Å². The van der Waals surface area contributed by atoms with Gasteiger partial charge < -0.3 is 14.4 Å². The van der Waals surface area contributed by atoms with Crippen molar-refractivity contribution in [2.24, 2.45) is 0 Å². The van der Waals surface area contributed by atoms with Gasteiger partial charge >= 0.3 is 0 Å². The number of H-pyrrole nitrogens is 2. The van der Waals surface area contributed by atoms with Gasteiger partial charge in [0.2, 0.25) is 0 Å². The molecule has 9 rings (SSSR count). The molecule has 0 spiro atoms. The largest absolute Gasteiger partial charge is 0.455 e. The van der Waals surface area contributed by atoms with Crippen molar-refractivity contribution in [2.75, 3.05) is 0 Å². The van der Waals surface area contributed by atoms with Gasteiger partial charge in [-0.3, -0.25) is 0 Å². The summed E-state index contributed by atoms with van der Waals surface area (Å²) in [5, 5.41) is 7.20. The summed E-state index contributed by atoms with van der Waals surface area (Å²) in [4.78, 5) is 7.07. The molecule has 0 saturated carbocycles. The SMILES string of the molecule is c1ccc2c(c1)[nH]c1ccc(-c3cccc4c3oc3c(-c5ccc6[nH]c7ccccc7c6c5)cccc34)cc12. The lowest BCUT2D eigenvalue weighted by molar-refractivity contribution is 0.671. The zero-order chi connectivity index (χ0) is 25.5. The lowest BCUT2D eigenvalue weighted by Crippen LogP contribution is -1.79. The lowest BCUT2D eigenvalue weighted by atomic mass is 9.98. The first-order valence-electron chi connectivity index (χ1n) is 13.3. The number of furan rings is 1. The minimum atomic E-state index is 0.923. The Morgan fingerprint density at radius 1 is 0.359 bits per heavy atom. The van der Waals surface area contributed by atoms with E-state index in [1.54, 1.807) is 0 Å². The Bertz CT molecular complexity index is 2230. The summed E-state index contributed by atoms with van der Waals surface area (Å²) in [6.45, 7) is 0. The highest BCUT2D eigenvalue weighted by Gasteiger charge is 2.17. The van der Waals surface area contributed by atoms with Crippen LogP contribution in [-0.4, -0.2) is 9.97 Å². The summed E-state index contributed by atoms with van der Waals surface area (Å²) in [6.07, 6.45) is 0. The summed E-state index contributed by atoms with van der Waals surface area (Å²) >= 11 is 0. The Hall–Kier alpha value is -5.28. The van der Waals surface area contributed by atoms with Gasteiger partial charge in [0, 0.05) is 65.5 Å². The summed E-state index contributed by atoms with van der Waals surface area (Å²) in [5.41, 5.74) is 11.0. The average molecular weight is 499 g/mol. The van der Waals surface area contributed by atoms with Gasteiger partial charge in [-0.05, 0) is 47.5 Å². The Morgan fingerprint density at radius 3 is 1.31 bits per heavy atom. The fourth-order valence-corrected chi connectivity index (χ4v) is 6.31. The number of benzene rings is 6. The van der Waals surface area contributed by atoms with E-state index < -0.39 is 0 Å². The summed E-state index contributed by atoms with van der Waals surface area (Å²) in [5.74, 6) is 0. The van der Waals surface area contributed by atoms with E-state index in [0.29, 0.717) is 0 Å². The Morgan fingerprint density at radius 2 is 0.795 bits per heavy atom. The number of rotatable bonds is 2. The molecular weight excluding hydrogens is 476 g/mol. The van der Waals surface area contributed by atoms with Crippen LogP contribution in [0.1, 0.15) is 0 Å². The van der Waals surface area contributed by atoms with Crippen LogP contribution < -0.4 is 0 Å². The smallest absolute Gasteiger partial charge is 0.143 e. The third kappa shape index (κ3) is 2.93. The monoisotopic (exact) mass is 498 g/mol. The van der Waals surface area contributed by atoms with Crippen molar-refractivity contribution in [1.82, 2.24) is 9.97 Å². The maximum Gasteiger partial charge on any atom is 0.143 e. The number of fused-ring (bicyclic) bond motifs is 9. The number of hydrogen-bond donors (Lipinski definition) is 2. The number of nitrogens with one attached hydrogen (secondary N) is 2. The third-order valence-electron chi connectivity index (χ3n) is 8.16. The first-order chi connectivity index (χ1) is 19.3. The number of aromatic amines is 2. The topological polar surface area (TPSA) is 44.7 Å². The maximum atomic E-state index is 6.77. The molecule has 0 unspecified atom stereocenters. The highest BCUT2D eigenvalue weighted by Crippen LogP contribution is 2.41. The molecule has 3 nitrogen and oxygen atoms in total. The number of aromatic nitrogens is 2. The second-order valence-corrected chi connectivity index (χ2v) is 10.3. The number of hydrogen-bond acceptors (Lipinski definition) is 1. The van der Waals surface area contributed by atoms with Gasteiger partial charge in [0.25, 0.3) is 0 Å². The van der Waals surface area contributed by atoms with E-state index in [0.717, 1.165) is 66.3 Å². The van der Waals surface area contributed by atoms with Crippen LogP contribution in [0, 0.1) is 0 Å². The van der Waals surface area contributed by atoms with E-state index in [-0.39, 0.29) is 0 Å². The molecule has 182 valence electrons. The van der Waals surface area contributed by atoms with Crippen molar-refractivity contribution in [3.05, 3.63) is 121 Å². The molecule has 39 heavy (non-hydrogen) atoms. The van der Waals surface area contributed by atoms with Crippen molar-refractivity contribution in [3.63, 3.8) is 0 Å². The van der Waals surface area contributed by atoms with Gasteiger partial charge in [-0.15, -0.1) is 0 Å². The second-order valence-electron chi connectivity index (χ2n) is 10.3. The molecule has 0 bridgehead atoms. The second kappa shape index (κ2) is 7.62. The zero-order valence-corrected chi connectivity index (χ0v) is 21.0. The maximum absolute atomic E-state index is 6.77. The number of para-hydroxylation sites is 4. The van der Waals surface area contributed by atoms with E-state index in [1.165, 1.54) is 21.5 Å². The fourth-order valence-electron chi connectivity index (χ4n) is 6.31. The van der Waals surface area contributed by atoms with Crippen molar-refractivity contribution >= 4 is 65.6 Å². The fraction of sp³-hybridized carbons (Fsp3) is 0. The molecule has 3 heterocycles. The molecule has 0 aliphatic carbocycles. The van der Waals surface area contributed by atoms with Gasteiger partial charge in [-0.25, -0.2) is 0 Å². The predicted octanol–water partition coefficient (Wildman–Crippen LogP) is 10.2. The summed E-state index contributed by atoms with van der Waals surface area (Å²) < 4.78 is 6.77. The molecule has 0 aliphatic rings. The molecule has 0 fully saturated rings. The van der Waals surface area contributed by atoms with Crippen LogP contribution in [0.2, 0.25) is 0 Å². The van der Waals surface area contributed by atoms with Crippen molar-refractivity contribution in [3.8, 4) is 22.3 Å². The molecule has 0 atom stereocenters. The molecule has 9 aromatic rings. The van der Waals surface area contributed by atoms with Gasteiger partial charge in [0.15, 0.2) is 0 Å². The molecule has 2 N–H and O–H groups in total. The minimum Gasteiger partial charge on any atom is -0.455 e. The molecule has 6 aromatic carbocycles. The van der Waals surface area contributed by atoms with E-state index in [1.807, 2.05) is 0 Å². The van der Waals surface area contributed by atoms with E-state index in [4.69, 9.17) is 4.42 Å². The van der Waals surface area contributed by atoms with Crippen LogP contribution in [0.25, 0.3) is 87.8 Å². The van der Waals surface area contributed by atoms with Crippen molar-refractivity contribution in [2.45, 2.75) is 0 Å². The molecule has 0 aliphatic heterocycles. The Labute approximate surface area is 223 Å². The van der Waals surface area contributed by atoms with E-state index in [2.05, 4.69) is 131 Å². The molecule has 0 radical (unpaired) electrons. The average Bonchev–Trinajstić information content (AvgIpc) is 3.67. The first-order valence-corrected chi connectivity index (χ1v) is 13.3. The Balaban J connectivity index is 1.27. The molecule has 0 amide bonds. The van der Waals surface area contributed by atoms with Crippen LogP contribution in [0.15, 0.2) is 126 Å². The van der Waals surface area contributed by atoms with E-state index >= 15 is 0 Å². The van der Waals surface area contributed by atoms with Gasteiger partial charge in [0.1, 0.15) is 11.2 Å². The standard InChI is InChI=1S/C36H22N2O/c1-3-13-31-25(7-1)29-19-21(15-17-33(29)37-31)23-9-5-11-27-28-12-6-10-24(36(28)39-35(23)27)22-16-18-34-30(20-22)26-8-2-4-14-32(26)38-34/h1-20,37-38H. The van der Waals surface area contributed by atoms with Crippen LogP contribution in [0.4, 0.5) is 0 Å². The zero-order valence-electron chi connectivity index (χ0n) is 21.0. The van der Waals surface area contributed by atoms with Gasteiger partial charge in [-0.2, -0.15) is 0 Å². The van der Waals surface area contributed by atoms with Crippen molar-refractivity contribution < 1.29 is 4.42 Å². The van der Waals surface area contributed by atoms with Crippen LogP contribution in [0.3, 0.4) is 0 Å². The van der Waals surface area contributed by atoms with Gasteiger partial charge in [-0.1, -0.05) is 84.9 Å². The lowest BCUT2D eigenvalue weighted by Gasteiger charge is -2.04. The van der Waals surface area contributed by atoms with Gasteiger partial charge in [0.05, 0.1) is 0 Å². The first kappa shape index (κ1) is 20.7. The highest BCUT2D eigenvalue weighted by molar-refractivity contribution is 6.15. The summed E-state index contributed by atoms with van der Waals surface area (Å²) in [7, 11) is 0. The Kier molecular flexibility index (Phi) is 4.05. The molecule has 3 heteroatoms. The molecular formula is C36H22N2O. The van der Waals surface area contributed by atoms with Crippen LogP contribution in [-0.2, 0) is 0 Å². The van der Waals surface area contributed by atoms with E-state index in [9.17, 15) is 0 Å². The summed E-state index contributed by atoms with van der Waals surface area (Å²) in [6, 6.07) is 43.2. The highest BCUT2D eigenvalue weighted by atomic mass is 16.3. The quantitative estimate of drug-likeness (QED) is 0.245. The normalized spacial score (nSPS) is 12.1. The van der Waals surface area contributed by atoms with Crippen LogP contribution in [0.5, 0.6) is 0 Å². The third-order valence-corrected chi connectivity index (χ3v) is 8.16. The molecule has 0 saturated heterocycles. The van der Waals surface area contributed by atoms with Crippen molar-refractivity contribution in [1.29, 1.82) is 0 Å². The molecule has 3 aromatic heterocycles.